The first-order valence-corrected chi connectivity index (χ1v) is 12.3. The average molecular weight is 454 g/mol. The van der Waals surface area contributed by atoms with Crippen LogP contribution in [0.1, 0.15) is 41.6 Å². The largest absolute Gasteiger partial charge is 0.293 e. The summed E-state index contributed by atoms with van der Waals surface area (Å²) in [6.07, 6.45) is 5.35. The number of benzene rings is 2. The Kier molecular flexibility index (Phi) is 5.03. The molecule has 0 spiro atoms. The Morgan fingerprint density at radius 2 is 1.88 bits per heavy atom. The van der Waals surface area contributed by atoms with E-state index in [1.54, 1.807) is 22.7 Å². The van der Waals surface area contributed by atoms with Gasteiger partial charge in [0, 0.05) is 29.1 Å². The first-order chi connectivity index (χ1) is 16.2. The molecule has 1 amide bonds. The topological polar surface area (TPSA) is 55.2 Å². The van der Waals surface area contributed by atoms with Gasteiger partial charge in [-0.2, -0.15) is 0 Å². The molecule has 0 unspecified atom stereocenters. The van der Waals surface area contributed by atoms with Crippen molar-refractivity contribution in [1.29, 1.82) is 0 Å². The highest BCUT2D eigenvalue weighted by molar-refractivity contribution is 7.99. The van der Waals surface area contributed by atoms with Crippen LogP contribution in [0.3, 0.4) is 0 Å². The molecule has 6 heteroatoms. The molecule has 33 heavy (non-hydrogen) atoms. The van der Waals surface area contributed by atoms with Crippen LogP contribution in [0.25, 0.3) is 10.9 Å². The quantitative estimate of drug-likeness (QED) is 0.380. The van der Waals surface area contributed by atoms with E-state index in [1.807, 2.05) is 59.3 Å². The molecule has 1 aliphatic carbocycles. The summed E-state index contributed by atoms with van der Waals surface area (Å²) in [6, 6.07) is 21.6. The fourth-order valence-corrected chi connectivity index (χ4v) is 6.33. The maximum Gasteiger partial charge on any atom is 0.253 e. The number of para-hydroxylation sites is 1. The van der Waals surface area contributed by atoms with Crippen LogP contribution in [-0.4, -0.2) is 21.7 Å². The van der Waals surface area contributed by atoms with Crippen LogP contribution in [0.4, 0.5) is 5.69 Å². The second kappa shape index (κ2) is 8.19. The van der Waals surface area contributed by atoms with Crippen molar-refractivity contribution in [3.05, 3.63) is 100.0 Å². The molecule has 164 valence electrons. The lowest BCUT2D eigenvalue weighted by atomic mass is 9.96. The number of nitrogens with zero attached hydrogens (tertiary/aromatic N) is 3. The smallest absolute Gasteiger partial charge is 0.253 e. The zero-order chi connectivity index (χ0) is 22.4. The van der Waals surface area contributed by atoms with Gasteiger partial charge in [-0.05, 0) is 66.1 Å². The number of hydrogen-bond donors (Lipinski definition) is 0. The lowest BCUT2D eigenvalue weighted by Crippen LogP contribution is -2.37. The summed E-state index contributed by atoms with van der Waals surface area (Å²) >= 11 is 1.70. The molecule has 2 aliphatic rings. The van der Waals surface area contributed by atoms with Gasteiger partial charge >= 0.3 is 0 Å². The van der Waals surface area contributed by atoms with Crippen molar-refractivity contribution < 1.29 is 4.79 Å². The Labute approximate surface area is 196 Å². The van der Waals surface area contributed by atoms with Gasteiger partial charge in [0.1, 0.15) is 6.17 Å². The van der Waals surface area contributed by atoms with Crippen molar-refractivity contribution >= 4 is 34.8 Å². The van der Waals surface area contributed by atoms with Gasteiger partial charge in [-0.3, -0.25) is 24.0 Å². The third kappa shape index (κ3) is 3.55. The van der Waals surface area contributed by atoms with E-state index in [9.17, 15) is 9.59 Å². The summed E-state index contributed by atoms with van der Waals surface area (Å²) < 4.78 is 1.84. The number of anilines is 1. The molecule has 5 nitrogen and oxygen atoms in total. The second-order valence-corrected chi connectivity index (χ2v) is 9.68. The fraction of sp³-hybridized carbons (Fsp3) is 0.222. The van der Waals surface area contributed by atoms with Gasteiger partial charge in [0.05, 0.1) is 10.5 Å². The van der Waals surface area contributed by atoms with E-state index in [4.69, 9.17) is 0 Å². The van der Waals surface area contributed by atoms with Gasteiger partial charge in [0.2, 0.25) is 6.41 Å². The second-order valence-electron chi connectivity index (χ2n) is 8.67. The van der Waals surface area contributed by atoms with Gasteiger partial charge in [-0.1, -0.05) is 36.4 Å². The summed E-state index contributed by atoms with van der Waals surface area (Å²) in [7, 11) is 0. The molecule has 2 aromatic heterocycles. The minimum absolute atomic E-state index is 0.0412. The monoisotopic (exact) mass is 453 g/mol. The van der Waals surface area contributed by atoms with E-state index in [0.717, 1.165) is 46.4 Å². The molecule has 0 bridgehead atoms. The third-order valence-electron chi connectivity index (χ3n) is 6.59. The van der Waals surface area contributed by atoms with Crippen LogP contribution >= 0.6 is 11.8 Å². The van der Waals surface area contributed by atoms with Crippen LogP contribution in [0, 0.1) is 0 Å². The lowest BCUT2D eigenvalue weighted by Gasteiger charge is -2.27. The molecule has 4 aromatic rings. The normalized spacial score (nSPS) is 17.2. The molecule has 0 radical (unpaired) electrons. The molecule has 3 heterocycles. The Morgan fingerprint density at radius 3 is 2.67 bits per heavy atom. The van der Waals surface area contributed by atoms with E-state index in [-0.39, 0.29) is 11.7 Å². The summed E-state index contributed by atoms with van der Waals surface area (Å²) in [5, 5.41) is 2.16. The van der Waals surface area contributed by atoms with Gasteiger partial charge in [-0.15, -0.1) is 11.8 Å². The predicted octanol–water partition coefficient (Wildman–Crippen LogP) is 5.13. The van der Waals surface area contributed by atoms with Crippen molar-refractivity contribution in [1.82, 2.24) is 9.55 Å². The van der Waals surface area contributed by atoms with Crippen LogP contribution in [0.2, 0.25) is 0 Å². The Balaban J connectivity index is 1.45. The predicted molar refractivity (Wildman–Crippen MR) is 132 cm³/mol. The van der Waals surface area contributed by atoms with Crippen molar-refractivity contribution in [2.75, 3.05) is 10.7 Å². The molecular formula is C27H23N3O2S. The number of carbonyl (C=O) groups excluding carboxylic acids is 1. The highest BCUT2D eigenvalue weighted by Gasteiger charge is 2.37. The van der Waals surface area contributed by atoms with Crippen molar-refractivity contribution in [2.45, 2.75) is 36.4 Å². The van der Waals surface area contributed by atoms with Gasteiger partial charge < -0.3 is 0 Å². The summed E-state index contributed by atoms with van der Waals surface area (Å²) in [5.41, 5.74) is 5.32. The van der Waals surface area contributed by atoms with Crippen LogP contribution in [-0.2, 0) is 11.2 Å². The van der Waals surface area contributed by atoms with Gasteiger partial charge in [0.15, 0.2) is 0 Å². The number of aromatic nitrogens is 2. The van der Waals surface area contributed by atoms with E-state index in [0.29, 0.717) is 18.1 Å². The Morgan fingerprint density at radius 1 is 1.03 bits per heavy atom. The molecular weight excluding hydrogens is 430 g/mol. The van der Waals surface area contributed by atoms with E-state index in [1.165, 1.54) is 11.1 Å². The number of rotatable bonds is 6. The SMILES string of the molecule is O=CN(c1ccccc1)[C@H]1CSc2c(C3CC3)c(Cc3cccc4ncccc34)cc(=O)n21. The number of amides is 1. The number of pyridine rings is 2. The zero-order valence-corrected chi connectivity index (χ0v) is 18.9. The molecule has 0 saturated heterocycles. The van der Waals surface area contributed by atoms with E-state index < -0.39 is 0 Å². The Bertz CT molecular complexity index is 1410. The average Bonchev–Trinajstić information content (AvgIpc) is 3.59. The first-order valence-electron chi connectivity index (χ1n) is 11.3. The molecule has 1 aliphatic heterocycles. The van der Waals surface area contributed by atoms with E-state index >= 15 is 0 Å². The first kappa shape index (κ1) is 20.2. The molecule has 2 aromatic carbocycles. The standard InChI is InChI=1S/C27H23N3O2S/c31-17-29(21-7-2-1-3-8-21)24-16-33-27-26(18-11-12-18)20(15-25(32)30(24)27)14-19-6-4-10-23-22(19)9-5-13-28-23/h1-10,13,15,17-18,24H,11-12,14,16H2/t24-/m1/s1. The molecule has 0 N–H and O–H groups in total. The van der Waals surface area contributed by atoms with Crippen molar-refractivity contribution in [3.8, 4) is 0 Å². The summed E-state index contributed by atoms with van der Waals surface area (Å²) in [5.74, 6) is 1.16. The lowest BCUT2D eigenvalue weighted by molar-refractivity contribution is -0.108. The van der Waals surface area contributed by atoms with Crippen molar-refractivity contribution in [2.24, 2.45) is 0 Å². The van der Waals surface area contributed by atoms with Crippen molar-refractivity contribution in [3.63, 3.8) is 0 Å². The van der Waals surface area contributed by atoms with Gasteiger partial charge in [0.25, 0.3) is 5.56 Å². The molecule has 1 saturated carbocycles. The van der Waals surface area contributed by atoms with E-state index in [2.05, 4.69) is 17.1 Å². The number of thioether (sulfide) groups is 1. The Hall–Kier alpha value is -3.38. The minimum Gasteiger partial charge on any atom is -0.293 e. The summed E-state index contributed by atoms with van der Waals surface area (Å²) in [4.78, 5) is 31.7. The highest BCUT2D eigenvalue weighted by atomic mass is 32.2. The third-order valence-corrected chi connectivity index (χ3v) is 7.74. The van der Waals surface area contributed by atoms with Crippen LogP contribution in [0.15, 0.2) is 82.7 Å². The minimum atomic E-state index is -0.314. The highest BCUT2D eigenvalue weighted by Crippen LogP contribution is 2.49. The summed E-state index contributed by atoms with van der Waals surface area (Å²) in [6.45, 7) is 0. The number of fused-ring (bicyclic) bond motifs is 2. The maximum atomic E-state index is 13.4. The molecule has 1 atom stereocenters. The molecule has 1 fully saturated rings. The zero-order valence-electron chi connectivity index (χ0n) is 18.1. The number of hydrogen-bond acceptors (Lipinski definition) is 4. The van der Waals surface area contributed by atoms with Crippen LogP contribution < -0.4 is 10.5 Å². The fourth-order valence-electron chi connectivity index (χ4n) is 4.91. The van der Waals surface area contributed by atoms with Crippen LogP contribution in [0.5, 0.6) is 0 Å². The maximum absolute atomic E-state index is 13.4. The number of carbonyl (C=O) groups is 1. The molecule has 6 rings (SSSR count). The van der Waals surface area contributed by atoms with Gasteiger partial charge in [-0.25, -0.2) is 0 Å².